The van der Waals surface area contributed by atoms with Crippen molar-refractivity contribution in [3.63, 3.8) is 0 Å². The van der Waals surface area contributed by atoms with E-state index < -0.39 is 11.8 Å². The molecule has 142 valence electrons. The van der Waals surface area contributed by atoms with E-state index in [0.717, 1.165) is 14.5 Å². The topological polar surface area (TPSA) is 76.7 Å². The molecule has 0 aliphatic rings. The quantitative estimate of drug-likeness (QED) is 0.449. The molecule has 2 aromatic carbocycles. The summed E-state index contributed by atoms with van der Waals surface area (Å²) in [5.74, 6) is 0.261. The Morgan fingerprint density at radius 1 is 1.11 bits per heavy atom. The Labute approximate surface area is 174 Å². The van der Waals surface area contributed by atoms with E-state index in [-0.39, 0.29) is 6.61 Å². The van der Waals surface area contributed by atoms with Crippen LogP contribution in [0.1, 0.15) is 15.9 Å². The molecule has 0 spiro atoms. The smallest absolute Gasteiger partial charge is 0.276 e. The van der Waals surface area contributed by atoms with Crippen molar-refractivity contribution in [1.82, 2.24) is 10.9 Å². The van der Waals surface area contributed by atoms with Crippen LogP contribution in [0, 0.1) is 6.92 Å². The van der Waals surface area contributed by atoms with Crippen molar-refractivity contribution in [3.05, 3.63) is 69.1 Å². The fourth-order valence-corrected chi connectivity index (χ4v) is 3.66. The third kappa shape index (κ3) is 6.41. The second-order valence-electron chi connectivity index (χ2n) is 5.45. The summed E-state index contributed by atoms with van der Waals surface area (Å²) in [5.41, 5.74) is 5.91. The van der Waals surface area contributed by atoms with E-state index in [4.69, 9.17) is 9.47 Å². The van der Waals surface area contributed by atoms with Gasteiger partial charge in [-0.25, -0.2) is 0 Å². The van der Waals surface area contributed by atoms with Gasteiger partial charge in [-0.1, -0.05) is 28.6 Å². The van der Waals surface area contributed by atoms with Gasteiger partial charge in [0.1, 0.15) is 18.1 Å². The van der Waals surface area contributed by atoms with Gasteiger partial charge in [0.15, 0.2) is 6.61 Å². The number of amides is 2. The fraction of sp³-hybridized carbons (Fsp3) is 0.158. The maximum Gasteiger partial charge on any atom is 0.276 e. The van der Waals surface area contributed by atoms with Crippen LogP contribution >= 0.6 is 31.9 Å². The number of hydrogen-bond donors (Lipinski definition) is 2. The van der Waals surface area contributed by atoms with Gasteiger partial charge in [0.25, 0.3) is 11.8 Å². The molecule has 6 nitrogen and oxygen atoms in total. The molecule has 0 radical (unpaired) electrons. The maximum atomic E-state index is 12.1. The third-order valence-corrected chi connectivity index (χ3v) is 4.39. The average molecular weight is 498 g/mol. The zero-order valence-corrected chi connectivity index (χ0v) is 17.7. The molecule has 0 bridgehead atoms. The van der Waals surface area contributed by atoms with Gasteiger partial charge in [0, 0.05) is 10.0 Å². The molecule has 2 amide bonds. The summed E-state index contributed by atoms with van der Waals surface area (Å²) in [6.45, 7) is 5.58. The number of hydrazine groups is 1. The van der Waals surface area contributed by atoms with Gasteiger partial charge in [-0.3, -0.25) is 20.4 Å². The first-order valence-electron chi connectivity index (χ1n) is 7.92. The van der Waals surface area contributed by atoms with E-state index in [2.05, 4.69) is 49.3 Å². The Kier molecular flexibility index (Phi) is 7.87. The maximum absolute atomic E-state index is 12.1. The summed E-state index contributed by atoms with van der Waals surface area (Å²) >= 11 is 6.77. The first kappa shape index (κ1) is 21.0. The fourth-order valence-electron chi connectivity index (χ4n) is 2.10. The number of halogens is 2. The Morgan fingerprint density at radius 2 is 1.81 bits per heavy atom. The number of aryl methyl sites for hydroxylation is 1. The number of rotatable bonds is 7. The lowest BCUT2D eigenvalue weighted by atomic mass is 10.2. The van der Waals surface area contributed by atoms with Gasteiger partial charge < -0.3 is 9.47 Å². The molecule has 0 saturated heterocycles. The van der Waals surface area contributed by atoms with E-state index in [0.29, 0.717) is 23.7 Å². The van der Waals surface area contributed by atoms with Crippen molar-refractivity contribution in [2.75, 3.05) is 13.2 Å². The molecule has 27 heavy (non-hydrogen) atoms. The van der Waals surface area contributed by atoms with Crippen LogP contribution in [0.2, 0.25) is 0 Å². The van der Waals surface area contributed by atoms with Crippen LogP contribution in [0.5, 0.6) is 11.5 Å². The highest BCUT2D eigenvalue weighted by Gasteiger charge is 2.11. The first-order chi connectivity index (χ1) is 12.9. The van der Waals surface area contributed by atoms with Crippen LogP contribution in [-0.2, 0) is 4.79 Å². The molecule has 0 aliphatic heterocycles. The second kappa shape index (κ2) is 10.1. The molecular weight excluding hydrogens is 480 g/mol. The number of benzene rings is 2. The Morgan fingerprint density at radius 3 is 2.44 bits per heavy atom. The predicted octanol–water partition coefficient (Wildman–Crippen LogP) is 3.92. The first-order valence-corrected chi connectivity index (χ1v) is 9.50. The molecule has 0 saturated carbocycles. The van der Waals surface area contributed by atoms with Crippen LogP contribution in [0.25, 0.3) is 0 Å². The Balaban J connectivity index is 1.83. The van der Waals surface area contributed by atoms with E-state index in [9.17, 15) is 9.59 Å². The summed E-state index contributed by atoms with van der Waals surface area (Å²) in [4.78, 5) is 24.0. The largest absolute Gasteiger partial charge is 0.490 e. The molecule has 0 unspecified atom stereocenters. The lowest BCUT2D eigenvalue weighted by Crippen LogP contribution is -2.43. The highest BCUT2D eigenvalue weighted by Crippen LogP contribution is 2.32. The normalized spacial score (nSPS) is 10.0. The highest BCUT2D eigenvalue weighted by atomic mass is 79.9. The molecular formula is C19H18Br2N2O4. The van der Waals surface area contributed by atoms with Crippen LogP contribution in [0.15, 0.2) is 58.0 Å². The van der Waals surface area contributed by atoms with Crippen molar-refractivity contribution >= 4 is 43.7 Å². The predicted molar refractivity (Wildman–Crippen MR) is 110 cm³/mol. The number of nitrogens with one attached hydrogen (secondary N) is 2. The van der Waals surface area contributed by atoms with Crippen molar-refractivity contribution in [2.45, 2.75) is 6.92 Å². The van der Waals surface area contributed by atoms with Gasteiger partial charge in [-0.05, 0) is 64.8 Å². The van der Waals surface area contributed by atoms with Gasteiger partial charge in [0.2, 0.25) is 0 Å². The lowest BCUT2D eigenvalue weighted by molar-refractivity contribution is -0.123. The summed E-state index contributed by atoms with van der Waals surface area (Å²) in [6.07, 6.45) is 1.63. The Hall–Kier alpha value is -2.32. The van der Waals surface area contributed by atoms with Crippen molar-refractivity contribution < 1.29 is 19.1 Å². The van der Waals surface area contributed by atoms with E-state index in [1.807, 2.05) is 19.1 Å². The molecule has 8 heteroatoms. The molecule has 0 fully saturated rings. The molecule has 0 heterocycles. The number of ether oxygens (including phenoxy) is 2. The van der Waals surface area contributed by atoms with Crippen molar-refractivity contribution in [3.8, 4) is 11.5 Å². The minimum atomic E-state index is -0.483. The molecule has 0 aromatic heterocycles. The van der Waals surface area contributed by atoms with Crippen LogP contribution in [-0.4, -0.2) is 25.0 Å². The molecule has 0 aliphatic carbocycles. The highest BCUT2D eigenvalue weighted by molar-refractivity contribution is 9.11. The zero-order valence-electron chi connectivity index (χ0n) is 14.6. The summed E-state index contributed by atoms with van der Waals surface area (Å²) in [7, 11) is 0. The van der Waals surface area contributed by atoms with Crippen LogP contribution < -0.4 is 20.3 Å². The van der Waals surface area contributed by atoms with Crippen molar-refractivity contribution in [1.29, 1.82) is 0 Å². The van der Waals surface area contributed by atoms with E-state index >= 15 is 0 Å². The standard InChI is InChI=1S/C19H18Br2N2O4/c1-3-8-26-15-6-4-13(5-7-15)19(25)23-22-17(24)11-27-18-12(2)9-14(20)10-16(18)21/h3-7,9-10H,1,8,11H2,2H3,(H,22,24)(H,23,25). The molecule has 0 atom stereocenters. The van der Waals surface area contributed by atoms with Gasteiger partial charge in [-0.2, -0.15) is 0 Å². The molecule has 2 rings (SSSR count). The van der Waals surface area contributed by atoms with E-state index in [1.54, 1.807) is 30.3 Å². The zero-order chi connectivity index (χ0) is 19.8. The number of carbonyl (C=O) groups is 2. The van der Waals surface area contributed by atoms with Crippen molar-refractivity contribution in [2.24, 2.45) is 0 Å². The summed E-state index contributed by atoms with van der Waals surface area (Å²) in [6, 6.07) is 10.2. The average Bonchev–Trinajstić information content (AvgIpc) is 2.64. The lowest BCUT2D eigenvalue weighted by Gasteiger charge is -2.12. The number of carbonyl (C=O) groups excluding carboxylic acids is 2. The van der Waals surface area contributed by atoms with Gasteiger partial charge in [-0.15, -0.1) is 0 Å². The minimum absolute atomic E-state index is 0.240. The third-order valence-electron chi connectivity index (χ3n) is 3.34. The van der Waals surface area contributed by atoms with Crippen LogP contribution in [0.3, 0.4) is 0 Å². The van der Waals surface area contributed by atoms with E-state index in [1.165, 1.54) is 0 Å². The SMILES string of the molecule is C=CCOc1ccc(C(=O)NNC(=O)COc2c(C)cc(Br)cc2Br)cc1. The Bertz CT molecular complexity index is 815. The minimum Gasteiger partial charge on any atom is -0.490 e. The number of hydrogen-bond acceptors (Lipinski definition) is 4. The summed E-state index contributed by atoms with van der Waals surface area (Å²) in [5, 5.41) is 0. The second-order valence-corrected chi connectivity index (χ2v) is 7.22. The molecule has 2 N–H and O–H groups in total. The van der Waals surface area contributed by atoms with Gasteiger partial charge >= 0.3 is 0 Å². The monoisotopic (exact) mass is 496 g/mol. The summed E-state index contributed by atoms with van der Waals surface area (Å²) < 4.78 is 12.5. The van der Waals surface area contributed by atoms with Crippen LogP contribution in [0.4, 0.5) is 0 Å². The molecule has 2 aromatic rings. The van der Waals surface area contributed by atoms with Gasteiger partial charge in [0.05, 0.1) is 4.47 Å².